The Hall–Kier alpha value is -1.50. The number of aryl methyl sites for hydroxylation is 1. The van der Waals surface area contributed by atoms with Crippen LogP contribution in [0.1, 0.15) is 32.1 Å². The highest BCUT2D eigenvalue weighted by Gasteiger charge is 2.27. The number of nitrogens with one attached hydrogen (secondary N) is 1. The molecule has 7 nitrogen and oxygen atoms in total. The molecule has 2 atom stereocenters. The van der Waals surface area contributed by atoms with E-state index in [1.807, 2.05) is 0 Å². The summed E-state index contributed by atoms with van der Waals surface area (Å²) in [5, 5.41) is 14.0. The summed E-state index contributed by atoms with van der Waals surface area (Å²) < 4.78 is 0. The number of tetrazole rings is 1. The maximum atomic E-state index is 12.0. The van der Waals surface area contributed by atoms with Crippen molar-refractivity contribution in [2.75, 3.05) is 5.32 Å². The van der Waals surface area contributed by atoms with Crippen LogP contribution in [0.15, 0.2) is 0 Å². The molecule has 1 heterocycles. The lowest BCUT2D eigenvalue weighted by atomic mass is 9.95. The summed E-state index contributed by atoms with van der Waals surface area (Å²) >= 11 is 0. The molecule has 0 spiro atoms. The quantitative estimate of drug-likeness (QED) is 0.710. The summed E-state index contributed by atoms with van der Waals surface area (Å²) in [6.45, 7) is 0. The Morgan fingerprint density at radius 2 is 2.18 bits per heavy atom. The van der Waals surface area contributed by atoms with Crippen molar-refractivity contribution in [2.45, 2.75) is 38.1 Å². The minimum atomic E-state index is -0.138. The molecule has 0 saturated heterocycles. The van der Waals surface area contributed by atoms with Crippen LogP contribution in [0.4, 0.5) is 5.95 Å². The van der Waals surface area contributed by atoms with Gasteiger partial charge in [0.25, 0.3) is 5.95 Å². The predicted molar refractivity (Wildman–Crippen MR) is 62.0 cm³/mol. The Morgan fingerprint density at radius 3 is 2.88 bits per heavy atom. The second-order valence-corrected chi connectivity index (χ2v) is 4.50. The van der Waals surface area contributed by atoms with Gasteiger partial charge in [0.05, 0.1) is 13.0 Å². The standard InChI is InChI=1S/C10H18N6O/c1-16-14-10(13-15-16)12-9(17)7-5-3-2-4-6-8(7)11/h7-8H,2-6,11H2,1H3,(H,12,14,17). The number of rotatable bonds is 2. The molecule has 1 amide bonds. The first-order valence-corrected chi connectivity index (χ1v) is 5.97. The molecular formula is C10H18N6O. The van der Waals surface area contributed by atoms with Crippen molar-refractivity contribution < 1.29 is 4.79 Å². The summed E-state index contributed by atoms with van der Waals surface area (Å²) in [4.78, 5) is 13.3. The minimum Gasteiger partial charge on any atom is -0.327 e. The van der Waals surface area contributed by atoms with E-state index in [1.165, 1.54) is 4.80 Å². The maximum absolute atomic E-state index is 12.0. The van der Waals surface area contributed by atoms with Crippen LogP contribution < -0.4 is 11.1 Å². The molecule has 3 N–H and O–H groups in total. The fourth-order valence-electron chi connectivity index (χ4n) is 2.20. The zero-order valence-corrected chi connectivity index (χ0v) is 9.96. The monoisotopic (exact) mass is 238 g/mol. The third-order valence-corrected chi connectivity index (χ3v) is 3.15. The van der Waals surface area contributed by atoms with E-state index in [1.54, 1.807) is 7.05 Å². The van der Waals surface area contributed by atoms with Gasteiger partial charge in [-0.1, -0.05) is 24.4 Å². The molecule has 1 aliphatic rings. The van der Waals surface area contributed by atoms with Gasteiger partial charge in [0.15, 0.2) is 0 Å². The summed E-state index contributed by atoms with van der Waals surface area (Å²) in [6, 6.07) is -0.0610. The van der Waals surface area contributed by atoms with Crippen LogP contribution in [0.3, 0.4) is 0 Å². The van der Waals surface area contributed by atoms with Crippen LogP contribution in [-0.2, 0) is 11.8 Å². The number of carbonyl (C=O) groups excluding carboxylic acids is 1. The average Bonchev–Trinajstić information content (AvgIpc) is 2.57. The molecule has 0 aliphatic heterocycles. The first kappa shape index (κ1) is 12.0. The molecular weight excluding hydrogens is 220 g/mol. The number of aromatic nitrogens is 4. The average molecular weight is 238 g/mol. The fraction of sp³-hybridized carbons (Fsp3) is 0.800. The van der Waals surface area contributed by atoms with Gasteiger partial charge in [-0.15, -0.1) is 5.10 Å². The topological polar surface area (TPSA) is 98.7 Å². The third kappa shape index (κ3) is 3.00. The van der Waals surface area contributed by atoms with Gasteiger partial charge in [0.1, 0.15) is 0 Å². The summed E-state index contributed by atoms with van der Waals surface area (Å²) in [5.74, 6) is 0.0163. The minimum absolute atomic E-state index is 0.0610. The number of hydrogen-bond donors (Lipinski definition) is 2. The highest BCUT2D eigenvalue weighted by atomic mass is 16.2. The van der Waals surface area contributed by atoms with E-state index < -0.39 is 0 Å². The smallest absolute Gasteiger partial charge is 0.270 e. The molecule has 0 aromatic carbocycles. The molecule has 2 unspecified atom stereocenters. The van der Waals surface area contributed by atoms with Crippen LogP contribution in [0, 0.1) is 5.92 Å². The Morgan fingerprint density at radius 1 is 1.41 bits per heavy atom. The predicted octanol–water partition coefficient (Wildman–Crippen LogP) is 0.0562. The van der Waals surface area contributed by atoms with Crippen LogP contribution in [0.2, 0.25) is 0 Å². The number of nitrogens with zero attached hydrogens (tertiary/aromatic N) is 4. The third-order valence-electron chi connectivity index (χ3n) is 3.15. The Bertz CT molecular complexity index is 390. The maximum Gasteiger partial charge on any atom is 0.270 e. The number of hydrogen-bond acceptors (Lipinski definition) is 5. The zero-order chi connectivity index (χ0) is 12.3. The van der Waals surface area contributed by atoms with Crippen molar-refractivity contribution in [2.24, 2.45) is 18.7 Å². The lowest BCUT2D eigenvalue weighted by Crippen LogP contribution is -2.38. The van der Waals surface area contributed by atoms with Gasteiger partial charge in [0.2, 0.25) is 5.91 Å². The van der Waals surface area contributed by atoms with Crippen LogP contribution in [-0.4, -0.2) is 32.2 Å². The molecule has 0 radical (unpaired) electrons. The van der Waals surface area contributed by atoms with E-state index in [2.05, 4.69) is 20.7 Å². The second kappa shape index (κ2) is 5.22. The summed E-state index contributed by atoms with van der Waals surface area (Å²) in [6.07, 6.45) is 5.06. The first-order chi connectivity index (χ1) is 8.16. The van der Waals surface area contributed by atoms with Gasteiger partial charge < -0.3 is 5.73 Å². The first-order valence-electron chi connectivity index (χ1n) is 5.97. The SMILES string of the molecule is Cn1nnc(NC(=O)C2CCCCCC2N)n1. The number of amides is 1. The van der Waals surface area contributed by atoms with Crippen molar-refractivity contribution in [3.8, 4) is 0 Å². The van der Waals surface area contributed by atoms with E-state index in [0.717, 1.165) is 32.1 Å². The van der Waals surface area contributed by atoms with Gasteiger partial charge in [-0.3, -0.25) is 10.1 Å². The molecule has 17 heavy (non-hydrogen) atoms. The summed E-state index contributed by atoms with van der Waals surface area (Å²) in [7, 11) is 1.65. The van der Waals surface area contributed by atoms with Crippen LogP contribution in [0.5, 0.6) is 0 Å². The van der Waals surface area contributed by atoms with Gasteiger partial charge in [-0.25, -0.2) is 0 Å². The molecule has 1 aliphatic carbocycles. The Kier molecular flexibility index (Phi) is 3.68. The highest BCUT2D eigenvalue weighted by Crippen LogP contribution is 2.23. The molecule has 2 rings (SSSR count). The van der Waals surface area contributed by atoms with E-state index in [4.69, 9.17) is 5.73 Å². The molecule has 1 aromatic heterocycles. The number of anilines is 1. The number of nitrogens with two attached hydrogens (primary N) is 1. The van der Waals surface area contributed by atoms with Crippen molar-refractivity contribution in [1.82, 2.24) is 20.2 Å². The highest BCUT2D eigenvalue weighted by molar-refractivity contribution is 5.91. The molecule has 1 saturated carbocycles. The van der Waals surface area contributed by atoms with Gasteiger partial charge in [-0.2, -0.15) is 4.80 Å². The second-order valence-electron chi connectivity index (χ2n) is 4.50. The van der Waals surface area contributed by atoms with Crippen molar-refractivity contribution in [3.05, 3.63) is 0 Å². The van der Waals surface area contributed by atoms with E-state index in [-0.39, 0.29) is 23.8 Å². The lowest BCUT2D eigenvalue weighted by molar-refractivity contribution is -0.120. The Balaban J connectivity index is 1.98. The van der Waals surface area contributed by atoms with Crippen LogP contribution >= 0.6 is 0 Å². The van der Waals surface area contributed by atoms with Crippen molar-refractivity contribution >= 4 is 11.9 Å². The van der Waals surface area contributed by atoms with Crippen LogP contribution in [0.25, 0.3) is 0 Å². The largest absolute Gasteiger partial charge is 0.327 e. The summed E-state index contributed by atoms with van der Waals surface area (Å²) in [5.41, 5.74) is 6.02. The zero-order valence-electron chi connectivity index (χ0n) is 9.96. The molecule has 7 heteroatoms. The lowest BCUT2D eigenvalue weighted by Gasteiger charge is -2.19. The van der Waals surface area contributed by atoms with E-state index in [9.17, 15) is 4.79 Å². The van der Waals surface area contributed by atoms with Crippen molar-refractivity contribution in [1.29, 1.82) is 0 Å². The van der Waals surface area contributed by atoms with E-state index >= 15 is 0 Å². The van der Waals surface area contributed by atoms with Crippen molar-refractivity contribution in [3.63, 3.8) is 0 Å². The molecule has 94 valence electrons. The molecule has 1 aromatic rings. The fourth-order valence-corrected chi connectivity index (χ4v) is 2.20. The van der Waals surface area contributed by atoms with E-state index in [0.29, 0.717) is 0 Å². The molecule has 1 fully saturated rings. The van der Waals surface area contributed by atoms with Gasteiger partial charge >= 0.3 is 0 Å². The normalized spacial score (nSPS) is 25.3. The Labute approximate surface area is 99.7 Å². The van der Waals surface area contributed by atoms with Gasteiger partial charge in [0, 0.05) is 6.04 Å². The molecule has 0 bridgehead atoms. The number of carbonyl (C=O) groups is 1. The van der Waals surface area contributed by atoms with Gasteiger partial charge in [-0.05, 0) is 18.1 Å².